The predicted molar refractivity (Wildman–Crippen MR) is 88.5 cm³/mol. The molecule has 3 heteroatoms. The molecule has 0 atom stereocenters. The molecule has 1 saturated heterocycles. The largest absolute Gasteiger partial charge is 0.354 e. The number of hydrogen-bond acceptors (Lipinski definition) is 1. The maximum absolute atomic E-state index is 13.7. The van der Waals surface area contributed by atoms with Gasteiger partial charge in [0.25, 0.3) is 0 Å². The van der Waals surface area contributed by atoms with Gasteiger partial charge in [0.15, 0.2) is 0 Å². The van der Waals surface area contributed by atoms with Crippen LogP contribution in [-0.2, 0) is 0 Å². The Morgan fingerprint density at radius 2 is 1.77 bits per heavy atom. The molecule has 2 aromatic carbocycles. The van der Waals surface area contributed by atoms with Crippen molar-refractivity contribution in [1.29, 1.82) is 0 Å². The van der Waals surface area contributed by atoms with Crippen LogP contribution in [0.3, 0.4) is 0 Å². The van der Waals surface area contributed by atoms with E-state index in [2.05, 4.69) is 28.5 Å². The Bertz CT molecular complexity index is 800. The van der Waals surface area contributed by atoms with Crippen LogP contribution in [0.4, 0.5) is 4.39 Å². The molecule has 0 spiro atoms. The molecule has 2 heterocycles. The third-order valence-electron chi connectivity index (χ3n) is 4.61. The molecule has 1 fully saturated rings. The van der Waals surface area contributed by atoms with E-state index in [1.54, 1.807) is 12.1 Å². The van der Waals surface area contributed by atoms with Gasteiger partial charge >= 0.3 is 0 Å². The van der Waals surface area contributed by atoms with Crippen molar-refractivity contribution in [3.63, 3.8) is 0 Å². The number of nitrogens with one attached hydrogen (secondary N) is 2. The van der Waals surface area contributed by atoms with Gasteiger partial charge in [-0.05, 0) is 55.6 Å². The highest BCUT2D eigenvalue weighted by Crippen LogP contribution is 2.39. The molecule has 0 radical (unpaired) electrons. The number of halogens is 1. The maximum Gasteiger partial charge on any atom is 0.123 e. The topological polar surface area (TPSA) is 27.8 Å². The van der Waals surface area contributed by atoms with E-state index in [9.17, 15) is 4.39 Å². The molecule has 4 rings (SSSR count). The molecule has 1 aliphatic heterocycles. The zero-order valence-electron chi connectivity index (χ0n) is 12.4. The average molecular weight is 294 g/mol. The van der Waals surface area contributed by atoms with Crippen LogP contribution in [-0.4, -0.2) is 18.1 Å². The highest BCUT2D eigenvalue weighted by Gasteiger charge is 2.23. The molecule has 0 aliphatic carbocycles. The lowest BCUT2D eigenvalue weighted by molar-refractivity contribution is 0.463. The fourth-order valence-corrected chi connectivity index (χ4v) is 3.57. The summed E-state index contributed by atoms with van der Waals surface area (Å²) in [5.41, 5.74) is 4.50. The Kier molecular flexibility index (Phi) is 3.43. The fraction of sp³-hybridized carbons (Fsp3) is 0.263. The van der Waals surface area contributed by atoms with Gasteiger partial charge in [-0.15, -0.1) is 0 Å². The van der Waals surface area contributed by atoms with Gasteiger partial charge in [-0.1, -0.05) is 30.3 Å². The van der Waals surface area contributed by atoms with E-state index in [1.165, 1.54) is 17.0 Å². The third-order valence-corrected chi connectivity index (χ3v) is 4.61. The normalized spacial score (nSPS) is 16.2. The Balaban J connectivity index is 1.93. The van der Waals surface area contributed by atoms with Gasteiger partial charge in [0.2, 0.25) is 0 Å². The van der Waals surface area contributed by atoms with Crippen molar-refractivity contribution < 1.29 is 4.39 Å². The van der Waals surface area contributed by atoms with Gasteiger partial charge in [-0.3, -0.25) is 0 Å². The summed E-state index contributed by atoms with van der Waals surface area (Å²) in [6.45, 7) is 2.10. The molecule has 0 saturated carbocycles. The van der Waals surface area contributed by atoms with Crippen LogP contribution >= 0.6 is 0 Å². The Morgan fingerprint density at radius 1 is 0.955 bits per heavy atom. The monoisotopic (exact) mass is 294 g/mol. The summed E-state index contributed by atoms with van der Waals surface area (Å²) < 4.78 is 13.7. The van der Waals surface area contributed by atoms with Crippen LogP contribution in [0.15, 0.2) is 48.5 Å². The van der Waals surface area contributed by atoms with Crippen LogP contribution in [0.5, 0.6) is 0 Å². The van der Waals surface area contributed by atoms with E-state index < -0.39 is 0 Å². The van der Waals surface area contributed by atoms with Crippen LogP contribution in [0.25, 0.3) is 22.2 Å². The first-order valence-corrected chi connectivity index (χ1v) is 7.90. The summed E-state index contributed by atoms with van der Waals surface area (Å²) in [6.07, 6.45) is 2.26. The molecule has 3 aromatic rings. The Hall–Kier alpha value is -2.13. The first-order valence-electron chi connectivity index (χ1n) is 7.90. The number of H-pyrrole nitrogens is 1. The number of hydrogen-bond donors (Lipinski definition) is 2. The molecule has 2 nitrogen and oxygen atoms in total. The number of benzene rings is 2. The van der Waals surface area contributed by atoms with Crippen molar-refractivity contribution in [2.24, 2.45) is 0 Å². The third kappa shape index (κ3) is 2.32. The standard InChI is InChI=1S/C19H19FN2/c20-15-5-3-4-14(12-15)19-18(13-8-10-21-11-9-13)16-6-1-2-7-17(16)22-19/h1-7,12-13,21-22H,8-11H2. The van der Waals surface area contributed by atoms with Gasteiger partial charge in [0, 0.05) is 16.5 Å². The lowest BCUT2D eigenvalue weighted by Gasteiger charge is -2.24. The zero-order chi connectivity index (χ0) is 14.9. The summed E-state index contributed by atoms with van der Waals surface area (Å²) in [5.74, 6) is 0.336. The van der Waals surface area contributed by atoms with E-state index in [0.29, 0.717) is 5.92 Å². The van der Waals surface area contributed by atoms with E-state index in [1.807, 2.05) is 12.1 Å². The smallest absolute Gasteiger partial charge is 0.123 e. The van der Waals surface area contributed by atoms with E-state index in [-0.39, 0.29) is 5.82 Å². The molecule has 1 aromatic heterocycles. The van der Waals surface area contributed by atoms with Gasteiger partial charge in [0.05, 0.1) is 5.69 Å². The van der Waals surface area contributed by atoms with Crippen molar-refractivity contribution in [2.75, 3.05) is 13.1 Å². The number of para-hydroxylation sites is 1. The molecule has 1 aliphatic rings. The zero-order valence-corrected chi connectivity index (χ0v) is 12.4. The van der Waals surface area contributed by atoms with Crippen molar-refractivity contribution in [2.45, 2.75) is 18.8 Å². The molecule has 0 unspecified atom stereocenters. The molecule has 0 bridgehead atoms. The molecular formula is C19H19FN2. The number of aromatic amines is 1. The molecule has 112 valence electrons. The van der Waals surface area contributed by atoms with E-state index in [4.69, 9.17) is 0 Å². The lowest BCUT2D eigenvalue weighted by Crippen LogP contribution is -2.26. The quantitative estimate of drug-likeness (QED) is 0.718. The van der Waals surface area contributed by atoms with Gasteiger partial charge in [-0.25, -0.2) is 4.39 Å². The van der Waals surface area contributed by atoms with Crippen LogP contribution in [0.1, 0.15) is 24.3 Å². The summed E-state index contributed by atoms with van der Waals surface area (Å²) in [6, 6.07) is 15.3. The minimum absolute atomic E-state index is 0.188. The highest BCUT2D eigenvalue weighted by atomic mass is 19.1. The van der Waals surface area contributed by atoms with Gasteiger partial charge < -0.3 is 10.3 Å². The number of fused-ring (bicyclic) bond motifs is 1. The number of aromatic nitrogens is 1. The second-order valence-corrected chi connectivity index (χ2v) is 5.99. The molecule has 0 amide bonds. The second-order valence-electron chi connectivity index (χ2n) is 5.99. The first kappa shape index (κ1) is 13.5. The molecule has 22 heavy (non-hydrogen) atoms. The molecule has 2 N–H and O–H groups in total. The Morgan fingerprint density at radius 3 is 2.59 bits per heavy atom. The number of rotatable bonds is 2. The predicted octanol–water partition coefficient (Wildman–Crippen LogP) is 4.44. The SMILES string of the molecule is Fc1cccc(-c2[nH]c3ccccc3c2C2CCNCC2)c1. The average Bonchev–Trinajstić information content (AvgIpc) is 2.95. The first-order chi connectivity index (χ1) is 10.8. The van der Waals surface area contributed by atoms with Gasteiger partial charge in [-0.2, -0.15) is 0 Å². The van der Waals surface area contributed by atoms with Gasteiger partial charge in [0.1, 0.15) is 5.82 Å². The van der Waals surface area contributed by atoms with Crippen LogP contribution in [0, 0.1) is 5.82 Å². The second kappa shape index (κ2) is 5.58. The van der Waals surface area contributed by atoms with E-state index >= 15 is 0 Å². The highest BCUT2D eigenvalue weighted by molar-refractivity contribution is 5.91. The fourth-order valence-electron chi connectivity index (χ4n) is 3.57. The van der Waals surface area contributed by atoms with Crippen molar-refractivity contribution in [3.05, 3.63) is 59.9 Å². The molecular weight excluding hydrogens is 275 g/mol. The lowest BCUT2D eigenvalue weighted by atomic mass is 9.86. The van der Waals surface area contributed by atoms with Crippen molar-refractivity contribution in [1.82, 2.24) is 10.3 Å². The minimum atomic E-state index is -0.188. The van der Waals surface area contributed by atoms with Crippen LogP contribution in [0.2, 0.25) is 0 Å². The summed E-state index contributed by atoms with van der Waals surface area (Å²) in [5, 5.41) is 4.69. The van der Waals surface area contributed by atoms with Crippen molar-refractivity contribution in [3.8, 4) is 11.3 Å². The summed E-state index contributed by atoms with van der Waals surface area (Å²) >= 11 is 0. The van der Waals surface area contributed by atoms with E-state index in [0.717, 1.165) is 42.7 Å². The maximum atomic E-state index is 13.7. The van der Waals surface area contributed by atoms with Crippen LogP contribution < -0.4 is 5.32 Å². The number of piperidine rings is 1. The minimum Gasteiger partial charge on any atom is -0.354 e. The Labute approximate surface area is 129 Å². The summed E-state index contributed by atoms with van der Waals surface area (Å²) in [7, 11) is 0. The summed E-state index contributed by atoms with van der Waals surface area (Å²) in [4.78, 5) is 3.52. The van der Waals surface area contributed by atoms with Crippen molar-refractivity contribution >= 4 is 10.9 Å².